The van der Waals surface area contributed by atoms with Crippen LogP contribution in [-0.4, -0.2) is 12.6 Å². The summed E-state index contributed by atoms with van der Waals surface area (Å²) in [7, 11) is 0. The van der Waals surface area contributed by atoms with Gasteiger partial charge in [0.05, 0.1) is 6.61 Å². The standard InChI is InChI=1S/C10H14O2/c1-2-8-12-10(11)9-6-4-3-5-7-9/h3-4,6H,2,5,7-8H2,1H3. The number of carbonyl (C=O) groups is 1. The summed E-state index contributed by atoms with van der Waals surface area (Å²) in [5.41, 5.74) is 0.797. The molecule has 0 radical (unpaired) electrons. The largest absolute Gasteiger partial charge is 0.462 e. The van der Waals surface area contributed by atoms with E-state index in [-0.39, 0.29) is 5.97 Å². The number of esters is 1. The lowest BCUT2D eigenvalue weighted by molar-refractivity contribution is -0.139. The van der Waals surface area contributed by atoms with Crippen molar-refractivity contribution >= 4 is 5.97 Å². The summed E-state index contributed by atoms with van der Waals surface area (Å²) in [5.74, 6) is -0.152. The molecule has 0 N–H and O–H groups in total. The molecule has 12 heavy (non-hydrogen) atoms. The van der Waals surface area contributed by atoms with Crippen molar-refractivity contribution < 1.29 is 9.53 Å². The third kappa shape index (κ3) is 2.53. The summed E-state index contributed by atoms with van der Waals surface area (Å²) < 4.78 is 4.99. The van der Waals surface area contributed by atoms with Gasteiger partial charge in [0.15, 0.2) is 0 Å². The molecular weight excluding hydrogens is 152 g/mol. The summed E-state index contributed by atoms with van der Waals surface area (Å²) in [6.07, 6.45) is 8.45. The SMILES string of the molecule is CCCOC(=O)C1=CC=CCC1. The first-order valence-electron chi connectivity index (χ1n) is 4.37. The summed E-state index contributed by atoms with van der Waals surface area (Å²) in [5, 5.41) is 0. The minimum atomic E-state index is -0.152. The van der Waals surface area contributed by atoms with Crippen molar-refractivity contribution in [3.8, 4) is 0 Å². The van der Waals surface area contributed by atoms with Crippen LogP contribution in [0.1, 0.15) is 26.2 Å². The molecular formula is C10H14O2. The zero-order valence-electron chi connectivity index (χ0n) is 7.38. The van der Waals surface area contributed by atoms with Crippen LogP contribution in [0.15, 0.2) is 23.8 Å². The Kier molecular flexibility index (Phi) is 3.58. The van der Waals surface area contributed by atoms with Gasteiger partial charge in [-0.05, 0) is 19.3 Å². The molecule has 2 heteroatoms. The van der Waals surface area contributed by atoms with Gasteiger partial charge in [-0.15, -0.1) is 0 Å². The fraction of sp³-hybridized carbons (Fsp3) is 0.500. The average Bonchev–Trinajstić information content (AvgIpc) is 2.15. The maximum atomic E-state index is 11.2. The quantitative estimate of drug-likeness (QED) is 0.601. The lowest BCUT2D eigenvalue weighted by atomic mass is 10.1. The fourth-order valence-corrected chi connectivity index (χ4v) is 1.06. The summed E-state index contributed by atoms with van der Waals surface area (Å²) in [6.45, 7) is 2.52. The van der Waals surface area contributed by atoms with Gasteiger partial charge in [0.1, 0.15) is 0 Å². The number of rotatable bonds is 3. The third-order valence-corrected chi connectivity index (χ3v) is 1.71. The highest BCUT2D eigenvalue weighted by molar-refractivity contribution is 5.89. The Bertz CT molecular complexity index is 214. The zero-order chi connectivity index (χ0) is 8.81. The molecule has 0 atom stereocenters. The van der Waals surface area contributed by atoms with Crippen LogP contribution in [-0.2, 0) is 9.53 Å². The van der Waals surface area contributed by atoms with Crippen LogP contribution in [0.2, 0.25) is 0 Å². The Labute approximate surface area is 72.9 Å². The summed E-state index contributed by atoms with van der Waals surface area (Å²) >= 11 is 0. The minimum absolute atomic E-state index is 0.152. The molecule has 0 saturated carbocycles. The van der Waals surface area contributed by atoms with Crippen LogP contribution in [0.5, 0.6) is 0 Å². The normalized spacial score (nSPS) is 15.6. The van der Waals surface area contributed by atoms with Crippen LogP contribution in [0.4, 0.5) is 0 Å². The molecule has 0 spiro atoms. The van der Waals surface area contributed by atoms with E-state index in [2.05, 4.69) is 6.08 Å². The Morgan fingerprint density at radius 1 is 1.67 bits per heavy atom. The highest BCUT2D eigenvalue weighted by Gasteiger charge is 2.10. The molecule has 0 fully saturated rings. The first-order valence-corrected chi connectivity index (χ1v) is 4.37. The molecule has 1 aliphatic carbocycles. The van der Waals surface area contributed by atoms with Crippen molar-refractivity contribution in [2.45, 2.75) is 26.2 Å². The van der Waals surface area contributed by atoms with Gasteiger partial charge in [-0.2, -0.15) is 0 Å². The molecule has 0 amide bonds. The second-order valence-electron chi connectivity index (χ2n) is 2.79. The van der Waals surface area contributed by atoms with Gasteiger partial charge < -0.3 is 4.74 Å². The second-order valence-corrected chi connectivity index (χ2v) is 2.79. The van der Waals surface area contributed by atoms with Crippen LogP contribution in [0, 0.1) is 0 Å². The fourth-order valence-electron chi connectivity index (χ4n) is 1.06. The number of carbonyl (C=O) groups excluding carboxylic acids is 1. The topological polar surface area (TPSA) is 26.3 Å². The molecule has 0 saturated heterocycles. The van der Waals surface area contributed by atoms with E-state index < -0.39 is 0 Å². The molecule has 0 heterocycles. The second kappa shape index (κ2) is 4.75. The molecule has 0 unspecified atom stereocenters. The maximum absolute atomic E-state index is 11.2. The first-order chi connectivity index (χ1) is 5.84. The summed E-state index contributed by atoms with van der Waals surface area (Å²) in [4.78, 5) is 11.2. The molecule has 0 aromatic carbocycles. The van der Waals surface area contributed by atoms with Crippen molar-refractivity contribution in [1.82, 2.24) is 0 Å². The Hall–Kier alpha value is -1.05. The van der Waals surface area contributed by atoms with Gasteiger partial charge >= 0.3 is 5.97 Å². The van der Waals surface area contributed by atoms with Crippen LogP contribution < -0.4 is 0 Å². The van der Waals surface area contributed by atoms with Crippen molar-refractivity contribution in [2.24, 2.45) is 0 Å². The molecule has 0 aliphatic heterocycles. The lowest BCUT2D eigenvalue weighted by Gasteiger charge is -2.07. The predicted molar refractivity (Wildman–Crippen MR) is 47.7 cm³/mol. The van der Waals surface area contributed by atoms with Crippen molar-refractivity contribution in [3.63, 3.8) is 0 Å². The van der Waals surface area contributed by atoms with E-state index >= 15 is 0 Å². The van der Waals surface area contributed by atoms with Crippen LogP contribution >= 0.6 is 0 Å². The summed E-state index contributed by atoms with van der Waals surface area (Å²) in [6, 6.07) is 0. The van der Waals surface area contributed by atoms with E-state index in [0.717, 1.165) is 24.8 Å². The van der Waals surface area contributed by atoms with Crippen molar-refractivity contribution in [1.29, 1.82) is 0 Å². The molecule has 2 nitrogen and oxygen atoms in total. The van der Waals surface area contributed by atoms with Gasteiger partial charge in [0.2, 0.25) is 0 Å². The average molecular weight is 166 g/mol. The van der Waals surface area contributed by atoms with E-state index in [9.17, 15) is 4.79 Å². The first kappa shape index (κ1) is 9.04. The smallest absolute Gasteiger partial charge is 0.334 e. The van der Waals surface area contributed by atoms with Gasteiger partial charge in [0, 0.05) is 5.57 Å². The molecule has 0 aromatic heterocycles. The number of allylic oxidation sites excluding steroid dienone is 3. The number of hydrogen-bond donors (Lipinski definition) is 0. The van der Waals surface area contributed by atoms with Gasteiger partial charge in [0.25, 0.3) is 0 Å². The van der Waals surface area contributed by atoms with E-state index in [1.54, 1.807) is 0 Å². The third-order valence-electron chi connectivity index (χ3n) is 1.71. The van der Waals surface area contributed by atoms with E-state index in [1.165, 1.54) is 0 Å². The van der Waals surface area contributed by atoms with Gasteiger partial charge in [-0.1, -0.05) is 25.2 Å². The van der Waals surface area contributed by atoms with E-state index in [1.807, 2.05) is 19.1 Å². The highest BCUT2D eigenvalue weighted by Crippen LogP contribution is 2.12. The van der Waals surface area contributed by atoms with Crippen molar-refractivity contribution in [2.75, 3.05) is 6.61 Å². The molecule has 1 aliphatic rings. The van der Waals surface area contributed by atoms with Crippen LogP contribution in [0.25, 0.3) is 0 Å². The van der Waals surface area contributed by atoms with Gasteiger partial charge in [-0.25, -0.2) is 4.79 Å². The van der Waals surface area contributed by atoms with Crippen LogP contribution in [0.3, 0.4) is 0 Å². The zero-order valence-corrected chi connectivity index (χ0v) is 7.38. The maximum Gasteiger partial charge on any atom is 0.334 e. The Morgan fingerprint density at radius 3 is 3.08 bits per heavy atom. The molecule has 66 valence electrons. The molecule has 0 bridgehead atoms. The Morgan fingerprint density at radius 2 is 2.50 bits per heavy atom. The van der Waals surface area contributed by atoms with E-state index in [4.69, 9.17) is 4.74 Å². The minimum Gasteiger partial charge on any atom is -0.462 e. The van der Waals surface area contributed by atoms with Crippen molar-refractivity contribution in [3.05, 3.63) is 23.8 Å². The van der Waals surface area contributed by atoms with E-state index in [0.29, 0.717) is 6.61 Å². The van der Waals surface area contributed by atoms with Gasteiger partial charge in [-0.3, -0.25) is 0 Å². The number of ether oxygens (including phenoxy) is 1. The number of hydrogen-bond acceptors (Lipinski definition) is 2. The monoisotopic (exact) mass is 166 g/mol. The highest BCUT2D eigenvalue weighted by atomic mass is 16.5. The molecule has 1 rings (SSSR count). The molecule has 0 aromatic rings. The lowest BCUT2D eigenvalue weighted by Crippen LogP contribution is -2.09. The Balaban J connectivity index is 2.40. The predicted octanol–water partition coefficient (Wildman–Crippen LogP) is 2.22.